The Kier molecular flexibility index (Phi) is 5.67. The van der Waals surface area contributed by atoms with E-state index in [2.05, 4.69) is 15.9 Å². The van der Waals surface area contributed by atoms with Gasteiger partial charge in [0.25, 0.3) is 10.0 Å². The Hall–Kier alpha value is 0.130. The van der Waals surface area contributed by atoms with Crippen LogP contribution in [0.25, 0.3) is 0 Å². The maximum Gasteiger partial charge on any atom is 0.402 e. The maximum atomic E-state index is 12.3. The second-order valence-electron chi connectivity index (χ2n) is 3.36. The van der Waals surface area contributed by atoms with E-state index in [0.29, 0.717) is 15.1 Å². The molecule has 110 valence electrons. The van der Waals surface area contributed by atoms with Crippen molar-refractivity contribution in [3.8, 4) is 0 Å². The van der Waals surface area contributed by atoms with Crippen LogP contribution in [0.2, 0.25) is 5.02 Å². The number of thiophene rings is 1. The first-order chi connectivity index (χ1) is 8.58. The molecular weight excluding hydrogens is 395 g/mol. The van der Waals surface area contributed by atoms with Gasteiger partial charge in [0, 0.05) is 6.54 Å². The van der Waals surface area contributed by atoms with Crippen molar-refractivity contribution in [1.82, 2.24) is 4.31 Å². The standard InChI is InChI=1S/C8H8BrClF3NO3S2/c9-7-5(10)3-6(18-7)19(16,17)14(1-2-15)4-8(11,12)13/h3,15H,1-2,4H2. The molecule has 1 heterocycles. The summed E-state index contributed by atoms with van der Waals surface area (Å²) >= 11 is 9.36. The van der Waals surface area contributed by atoms with Crippen molar-refractivity contribution in [3.05, 3.63) is 14.9 Å². The molecule has 0 unspecified atom stereocenters. The van der Waals surface area contributed by atoms with Crippen molar-refractivity contribution in [2.24, 2.45) is 0 Å². The highest BCUT2D eigenvalue weighted by Gasteiger charge is 2.37. The molecule has 1 aromatic heterocycles. The Balaban J connectivity index is 3.12. The van der Waals surface area contributed by atoms with Crippen LogP contribution in [-0.4, -0.2) is 43.7 Å². The first-order valence-corrected chi connectivity index (χ1v) is 8.13. The fraction of sp³-hybridized carbons (Fsp3) is 0.500. The monoisotopic (exact) mass is 401 g/mol. The maximum absolute atomic E-state index is 12.3. The second-order valence-corrected chi connectivity index (χ2v) is 8.31. The fourth-order valence-electron chi connectivity index (χ4n) is 1.18. The van der Waals surface area contributed by atoms with Crippen molar-refractivity contribution in [2.45, 2.75) is 10.4 Å². The molecule has 0 saturated carbocycles. The summed E-state index contributed by atoms with van der Waals surface area (Å²) in [5, 5.41) is 8.79. The minimum atomic E-state index is -4.69. The zero-order chi connectivity index (χ0) is 14.8. The van der Waals surface area contributed by atoms with Gasteiger partial charge in [-0.3, -0.25) is 0 Å². The van der Waals surface area contributed by atoms with E-state index >= 15 is 0 Å². The number of rotatable bonds is 5. The molecule has 4 nitrogen and oxygen atoms in total. The van der Waals surface area contributed by atoms with Crippen LogP contribution in [0.15, 0.2) is 14.1 Å². The first-order valence-electron chi connectivity index (χ1n) is 4.70. The number of hydrogen-bond donors (Lipinski definition) is 1. The molecule has 0 radical (unpaired) electrons. The topological polar surface area (TPSA) is 57.6 Å². The van der Waals surface area contributed by atoms with E-state index in [1.165, 1.54) is 0 Å². The van der Waals surface area contributed by atoms with E-state index in [4.69, 9.17) is 16.7 Å². The van der Waals surface area contributed by atoms with Crippen LogP contribution in [0.1, 0.15) is 0 Å². The van der Waals surface area contributed by atoms with Gasteiger partial charge in [0.15, 0.2) is 0 Å². The van der Waals surface area contributed by atoms with Crippen LogP contribution >= 0.6 is 38.9 Å². The molecule has 19 heavy (non-hydrogen) atoms. The quantitative estimate of drug-likeness (QED) is 0.824. The first kappa shape index (κ1) is 17.2. The third-order valence-corrected chi connectivity index (χ3v) is 6.69. The van der Waals surface area contributed by atoms with Gasteiger partial charge in [-0.1, -0.05) is 11.6 Å². The van der Waals surface area contributed by atoms with E-state index < -0.39 is 35.9 Å². The van der Waals surface area contributed by atoms with Gasteiger partial charge in [0.2, 0.25) is 0 Å². The molecule has 1 N–H and O–H groups in total. The average Bonchev–Trinajstić information content (AvgIpc) is 2.57. The summed E-state index contributed by atoms with van der Waals surface area (Å²) in [6.07, 6.45) is -4.69. The van der Waals surface area contributed by atoms with Crippen LogP contribution in [0, 0.1) is 0 Å². The van der Waals surface area contributed by atoms with Crippen molar-refractivity contribution in [3.63, 3.8) is 0 Å². The molecule has 11 heteroatoms. The highest BCUT2D eigenvalue weighted by atomic mass is 79.9. The third kappa shape index (κ3) is 4.57. The zero-order valence-corrected chi connectivity index (χ0v) is 13.1. The van der Waals surface area contributed by atoms with E-state index in [9.17, 15) is 21.6 Å². The van der Waals surface area contributed by atoms with Crippen molar-refractivity contribution < 1.29 is 26.7 Å². The molecule has 0 aromatic carbocycles. The minimum absolute atomic E-state index is 0.0968. The normalized spacial score (nSPS) is 13.2. The van der Waals surface area contributed by atoms with Crippen LogP contribution in [0.5, 0.6) is 0 Å². The predicted octanol–water partition coefficient (Wildman–Crippen LogP) is 2.71. The van der Waals surface area contributed by atoms with Gasteiger partial charge in [-0.05, 0) is 22.0 Å². The van der Waals surface area contributed by atoms with Gasteiger partial charge in [0.1, 0.15) is 10.8 Å². The van der Waals surface area contributed by atoms with Gasteiger partial charge in [-0.2, -0.15) is 17.5 Å². The van der Waals surface area contributed by atoms with Gasteiger partial charge >= 0.3 is 6.18 Å². The largest absolute Gasteiger partial charge is 0.402 e. The van der Waals surface area contributed by atoms with Crippen LogP contribution in [-0.2, 0) is 10.0 Å². The van der Waals surface area contributed by atoms with Gasteiger partial charge in [0.05, 0.1) is 15.4 Å². The number of halogens is 5. The SMILES string of the molecule is O=S(=O)(c1cc(Cl)c(Br)s1)N(CCO)CC(F)(F)F. The Morgan fingerprint density at radius 1 is 1.47 bits per heavy atom. The van der Waals surface area contributed by atoms with Crippen molar-refractivity contribution >= 4 is 48.9 Å². The Morgan fingerprint density at radius 2 is 2.05 bits per heavy atom. The molecule has 1 aromatic rings. The molecule has 0 fully saturated rings. The van der Waals surface area contributed by atoms with Crippen LogP contribution < -0.4 is 0 Å². The summed E-state index contributed by atoms with van der Waals surface area (Å²) < 4.78 is 61.2. The lowest BCUT2D eigenvalue weighted by Gasteiger charge is -2.21. The summed E-state index contributed by atoms with van der Waals surface area (Å²) in [7, 11) is -4.34. The van der Waals surface area contributed by atoms with E-state index in [0.717, 1.165) is 6.07 Å². The summed E-state index contributed by atoms with van der Waals surface area (Å²) in [5.41, 5.74) is 0. The van der Waals surface area contributed by atoms with Crippen molar-refractivity contribution in [1.29, 1.82) is 0 Å². The lowest BCUT2D eigenvalue weighted by atomic mass is 10.6. The minimum Gasteiger partial charge on any atom is -0.395 e. The molecule has 0 aliphatic rings. The fourth-order valence-corrected chi connectivity index (χ4v) is 5.15. The predicted molar refractivity (Wildman–Crippen MR) is 68.9 cm³/mol. The lowest BCUT2D eigenvalue weighted by Crippen LogP contribution is -2.40. The van der Waals surface area contributed by atoms with Crippen LogP contribution in [0.4, 0.5) is 13.2 Å². The number of alkyl halides is 3. The summed E-state index contributed by atoms with van der Waals surface area (Å²) in [5.74, 6) is 0. The third-order valence-electron chi connectivity index (χ3n) is 1.92. The Morgan fingerprint density at radius 3 is 2.42 bits per heavy atom. The number of nitrogens with zero attached hydrogens (tertiary/aromatic N) is 1. The molecule has 0 bridgehead atoms. The van der Waals surface area contributed by atoms with Gasteiger partial charge < -0.3 is 5.11 Å². The molecule has 0 aliphatic heterocycles. The Labute approximate surface area is 125 Å². The van der Waals surface area contributed by atoms with E-state index in [1.54, 1.807) is 0 Å². The molecular formula is C8H8BrClF3NO3S2. The second kappa shape index (κ2) is 6.27. The number of aliphatic hydroxyl groups excluding tert-OH is 1. The lowest BCUT2D eigenvalue weighted by molar-refractivity contribution is -0.136. The molecule has 1 rings (SSSR count). The average molecular weight is 403 g/mol. The van der Waals surface area contributed by atoms with Crippen molar-refractivity contribution in [2.75, 3.05) is 19.7 Å². The summed E-state index contributed by atoms with van der Waals surface area (Å²) in [4.78, 5) is 0. The molecule has 0 aliphatic carbocycles. The zero-order valence-electron chi connectivity index (χ0n) is 9.12. The molecule has 0 spiro atoms. The molecule has 0 saturated heterocycles. The van der Waals surface area contributed by atoms with E-state index in [-0.39, 0.29) is 13.5 Å². The van der Waals surface area contributed by atoms with Crippen LogP contribution in [0.3, 0.4) is 0 Å². The van der Waals surface area contributed by atoms with Gasteiger partial charge in [-0.15, -0.1) is 11.3 Å². The highest BCUT2D eigenvalue weighted by molar-refractivity contribution is 9.11. The number of aliphatic hydroxyl groups is 1. The molecule has 0 atom stereocenters. The molecule has 0 amide bonds. The summed E-state index contributed by atoms with van der Waals surface area (Å²) in [6.45, 7) is -3.02. The highest BCUT2D eigenvalue weighted by Crippen LogP contribution is 2.36. The van der Waals surface area contributed by atoms with E-state index in [1.807, 2.05) is 0 Å². The number of hydrogen-bond acceptors (Lipinski definition) is 4. The smallest absolute Gasteiger partial charge is 0.395 e. The summed E-state index contributed by atoms with van der Waals surface area (Å²) in [6, 6.07) is 1.06. The van der Waals surface area contributed by atoms with Gasteiger partial charge in [-0.25, -0.2) is 8.42 Å². The number of sulfonamides is 1. The Bertz CT molecular complexity index is 526.